The minimum Gasteiger partial charge on any atom is -0.421 e. The molecule has 0 saturated heterocycles. The first kappa shape index (κ1) is 13.4. The van der Waals surface area contributed by atoms with Gasteiger partial charge in [-0.15, -0.1) is 0 Å². The van der Waals surface area contributed by atoms with E-state index in [0.717, 1.165) is 0 Å². The van der Waals surface area contributed by atoms with Crippen LogP contribution in [0.15, 0.2) is 41.4 Å². The van der Waals surface area contributed by atoms with Gasteiger partial charge < -0.3 is 10.5 Å². The van der Waals surface area contributed by atoms with Crippen LogP contribution in [0, 0.1) is 5.82 Å². The van der Waals surface area contributed by atoms with Gasteiger partial charge in [0.05, 0.1) is 0 Å². The maximum atomic E-state index is 13.7. The topological polar surface area (TPSA) is 91.7 Å². The molecule has 2 heterocycles. The molecular formula is C12H8BrFN6O. The van der Waals surface area contributed by atoms with Gasteiger partial charge in [-0.3, -0.25) is 4.57 Å². The van der Waals surface area contributed by atoms with Gasteiger partial charge in [0.25, 0.3) is 0 Å². The molecule has 2 aromatic heterocycles. The monoisotopic (exact) mass is 350 g/mol. The summed E-state index contributed by atoms with van der Waals surface area (Å²) in [6.45, 7) is 0. The molecule has 0 bridgehead atoms. The van der Waals surface area contributed by atoms with E-state index in [-0.39, 0.29) is 23.7 Å². The number of imidazole rings is 1. The van der Waals surface area contributed by atoms with E-state index in [9.17, 15) is 4.39 Å². The van der Waals surface area contributed by atoms with Crippen molar-refractivity contribution in [2.45, 2.75) is 0 Å². The van der Waals surface area contributed by atoms with Gasteiger partial charge in [-0.2, -0.15) is 15.0 Å². The molecule has 106 valence electrons. The van der Waals surface area contributed by atoms with Gasteiger partial charge in [0.15, 0.2) is 11.6 Å². The Morgan fingerprint density at radius 1 is 1.24 bits per heavy atom. The number of nitrogens with zero attached hydrogens (tertiary/aromatic N) is 5. The molecule has 0 aliphatic heterocycles. The molecule has 0 radical (unpaired) electrons. The van der Waals surface area contributed by atoms with Crippen molar-refractivity contribution in [2.24, 2.45) is 0 Å². The Hall–Kier alpha value is -2.55. The van der Waals surface area contributed by atoms with E-state index in [0.29, 0.717) is 4.47 Å². The highest BCUT2D eigenvalue weighted by Gasteiger charge is 2.11. The fraction of sp³-hybridized carbons (Fsp3) is 0. The highest BCUT2D eigenvalue weighted by atomic mass is 79.9. The van der Waals surface area contributed by atoms with Crippen molar-refractivity contribution in [1.82, 2.24) is 24.5 Å². The Labute approximate surface area is 126 Å². The number of hydrogen-bond acceptors (Lipinski definition) is 6. The molecule has 0 atom stereocenters. The SMILES string of the molecule is Nc1nc(Oc2cc(Br)ccc2F)nc(-n2ccnc2)n1. The number of nitrogens with two attached hydrogens (primary N) is 1. The normalized spacial score (nSPS) is 10.6. The van der Waals surface area contributed by atoms with Crippen molar-refractivity contribution in [3.05, 3.63) is 47.2 Å². The fourth-order valence-corrected chi connectivity index (χ4v) is 1.89. The van der Waals surface area contributed by atoms with E-state index in [1.807, 2.05) is 0 Å². The molecule has 0 unspecified atom stereocenters. The molecule has 7 nitrogen and oxygen atoms in total. The third kappa shape index (κ3) is 2.97. The first-order chi connectivity index (χ1) is 10.1. The second-order valence-corrected chi connectivity index (χ2v) is 4.84. The minimum absolute atomic E-state index is 0.0217. The summed E-state index contributed by atoms with van der Waals surface area (Å²) in [7, 11) is 0. The average molecular weight is 351 g/mol. The van der Waals surface area contributed by atoms with Crippen molar-refractivity contribution in [2.75, 3.05) is 5.73 Å². The van der Waals surface area contributed by atoms with Gasteiger partial charge in [-0.05, 0) is 18.2 Å². The summed E-state index contributed by atoms with van der Waals surface area (Å²) in [5, 5.41) is 0. The van der Waals surface area contributed by atoms with Gasteiger partial charge in [0.1, 0.15) is 6.33 Å². The van der Waals surface area contributed by atoms with Crippen LogP contribution in [0.3, 0.4) is 0 Å². The average Bonchev–Trinajstić information content (AvgIpc) is 2.96. The van der Waals surface area contributed by atoms with Crippen molar-refractivity contribution in [3.8, 4) is 17.7 Å². The number of hydrogen-bond donors (Lipinski definition) is 1. The number of rotatable bonds is 3. The number of halogens is 2. The van der Waals surface area contributed by atoms with Crippen LogP contribution in [0.4, 0.5) is 10.3 Å². The van der Waals surface area contributed by atoms with Crippen LogP contribution in [0.1, 0.15) is 0 Å². The zero-order valence-corrected chi connectivity index (χ0v) is 12.0. The predicted octanol–water partition coefficient (Wildman–Crippen LogP) is 2.33. The Bertz CT molecular complexity index is 779. The van der Waals surface area contributed by atoms with Gasteiger partial charge in [0, 0.05) is 16.9 Å². The highest BCUT2D eigenvalue weighted by Crippen LogP contribution is 2.26. The van der Waals surface area contributed by atoms with Crippen molar-refractivity contribution < 1.29 is 9.13 Å². The van der Waals surface area contributed by atoms with Crippen molar-refractivity contribution >= 4 is 21.9 Å². The van der Waals surface area contributed by atoms with Crippen LogP contribution in [-0.4, -0.2) is 24.5 Å². The number of nitrogen functional groups attached to an aromatic ring is 1. The Kier molecular flexibility index (Phi) is 3.48. The third-order valence-electron chi connectivity index (χ3n) is 2.45. The first-order valence-electron chi connectivity index (χ1n) is 5.74. The molecule has 3 aromatic rings. The minimum atomic E-state index is -0.540. The van der Waals surface area contributed by atoms with Gasteiger partial charge >= 0.3 is 6.01 Å². The summed E-state index contributed by atoms with van der Waals surface area (Å²) in [5.41, 5.74) is 5.61. The predicted molar refractivity (Wildman–Crippen MR) is 75.5 cm³/mol. The Morgan fingerprint density at radius 2 is 2.10 bits per heavy atom. The van der Waals surface area contributed by atoms with Crippen LogP contribution in [0.25, 0.3) is 5.95 Å². The molecule has 9 heteroatoms. The zero-order chi connectivity index (χ0) is 14.8. The van der Waals surface area contributed by atoms with Crippen molar-refractivity contribution in [3.63, 3.8) is 0 Å². The van der Waals surface area contributed by atoms with Crippen LogP contribution in [-0.2, 0) is 0 Å². The highest BCUT2D eigenvalue weighted by molar-refractivity contribution is 9.10. The molecule has 0 spiro atoms. The molecule has 0 aliphatic carbocycles. The number of ether oxygens (including phenoxy) is 1. The number of aromatic nitrogens is 5. The Balaban J connectivity index is 1.97. The molecule has 2 N–H and O–H groups in total. The molecule has 21 heavy (non-hydrogen) atoms. The zero-order valence-electron chi connectivity index (χ0n) is 10.4. The van der Waals surface area contributed by atoms with E-state index in [4.69, 9.17) is 10.5 Å². The summed E-state index contributed by atoms with van der Waals surface area (Å²) in [5.74, 6) is -0.377. The van der Waals surface area contributed by atoms with Crippen molar-refractivity contribution in [1.29, 1.82) is 0 Å². The van der Waals surface area contributed by atoms with Gasteiger partial charge in [-0.25, -0.2) is 9.37 Å². The molecule has 0 fully saturated rings. The summed E-state index contributed by atoms with van der Waals surface area (Å²) >= 11 is 3.23. The molecule has 0 saturated carbocycles. The standard InChI is InChI=1S/C12H8BrFN6O/c13-7-1-2-8(14)9(5-7)21-12-18-10(15)17-11(19-12)20-4-3-16-6-20/h1-6H,(H2,15,17,18,19). The quantitative estimate of drug-likeness (QED) is 0.779. The number of benzene rings is 1. The summed E-state index contributed by atoms with van der Waals surface area (Å²) < 4.78 is 21.2. The second kappa shape index (κ2) is 5.44. The second-order valence-electron chi connectivity index (χ2n) is 3.92. The van der Waals surface area contributed by atoms with E-state index in [2.05, 4.69) is 35.9 Å². The summed E-state index contributed by atoms with van der Waals surface area (Å²) in [6.07, 6.45) is 4.70. The lowest BCUT2D eigenvalue weighted by molar-refractivity contribution is 0.409. The smallest absolute Gasteiger partial charge is 0.328 e. The lowest BCUT2D eigenvalue weighted by atomic mass is 10.3. The van der Waals surface area contributed by atoms with Crippen LogP contribution in [0.5, 0.6) is 11.8 Å². The summed E-state index contributed by atoms with van der Waals surface area (Å²) in [4.78, 5) is 15.7. The number of anilines is 1. The van der Waals surface area contributed by atoms with Crippen LogP contribution in [0.2, 0.25) is 0 Å². The molecule has 0 aliphatic rings. The van der Waals surface area contributed by atoms with Gasteiger partial charge in [0.2, 0.25) is 11.9 Å². The summed E-state index contributed by atoms with van der Waals surface area (Å²) in [6, 6.07) is 4.18. The molecule has 0 amide bonds. The van der Waals surface area contributed by atoms with E-state index < -0.39 is 5.82 Å². The molecular weight excluding hydrogens is 343 g/mol. The van der Waals surface area contributed by atoms with Gasteiger partial charge in [-0.1, -0.05) is 15.9 Å². The molecule has 1 aromatic carbocycles. The Morgan fingerprint density at radius 3 is 2.86 bits per heavy atom. The third-order valence-corrected chi connectivity index (χ3v) is 2.94. The maximum absolute atomic E-state index is 13.7. The van der Waals surface area contributed by atoms with Crippen LogP contribution >= 0.6 is 15.9 Å². The first-order valence-corrected chi connectivity index (χ1v) is 6.54. The maximum Gasteiger partial charge on any atom is 0.328 e. The van der Waals surface area contributed by atoms with E-state index in [1.54, 1.807) is 18.5 Å². The lowest BCUT2D eigenvalue weighted by Gasteiger charge is -2.07. The lowest BCUT2D eigenvalue weighted by Crippen LogP contribution is -2.06. The largest absolute Gasteiger partial charge is 0.421 e. The van der Waals surface area contributed by atoms with Crippen LogP contribution < -0.4 is 10.5 Å². The van der Waals surface area contributed by atoms with E-state index in [1.165, 1.54) is 23.0 Å². The fourth-order valence-electron chi connectivity index (χ4n) is 1.55. The molecule has 3 rings (SSSR count). The van der Waals surface area contributed by atoms with E-state index >= 15 is 0 Å².